The number of aliphatic hydroxyl groups excluding tert-OH is 1. The number of anilines is 1. The lowest BCUT2D eigenvalue weighted by molar-refractivity contribution is -0.157. The topological polar surface area (TPSA) is 90.4 Å². The molecule has 3 saturated heterocycles. The summed E-state index contributed by atoms with van der Waals surface area (Å²) in [6, 6.07) is 8.52. The minimum atomic E-state index is -1.13. The van der Waals surface area contributed by atoms with E-state index in [9.17, 15) is 19.5 Å². The van der Waals surface area contributed by atoms with E-state index in [0.717, 1.165) is 12.1 Å². The van der Waals surface area contributed by atoms with E-state index in [2.05, 4.69) is 47.8 Å². The minimum absolute atomic E-state index is 0.0514. The molecule has 43 heavy (non-hydrogen) atoms. The van der Waals surface area contributed by atoms with Gasteiger partial charge in [0.05, 0.1) is 17.4 Å². The average Bonchev–Trinajstić information content (AvgIpc) is 3.55. The summed E-state index contributed by atoms with van der Waals surface area (Å²) in [5.74, 6) is -2.15. The van der Waals surface area contributed by atoms with Gasteiger partial charge >= 0.3 is 0 Å². The van der Waals surface area contributed by atoms with Gasteiger partial charge in [-0.3, -0.25) is 14.4 Å². The standard InChI is InChI=1S/C35H51N3O5/c1-9-20-36(25-16-13-12-14-17-25)29(40)26-27-30(41)37(22-15-23-39)28(35(27)19-18-34(26,11-3)43-35)31(42)38(21-10-2)33(7,8)24-32(4,5)6/h9-10,12-14,16-17,26-28,39H,1-2,11,15,18-24H2,3-8H3/t26-,27+,28?,34+,35?/m1/s1. The van der Waals surface area contributed by atoms with Gasteiger partial charge in [0, 0.05) is 37.5 Å². The zero-order chi connectivity index (χ0) is 31.8. The van der Waals surface area contributed by atoms with Gasteiger partial charge in [-0.1, -0.05) is 58.0 Å². The van der Waals surface area contributed by atoms with Crippen molar-refractivity contribution in [3.05, 3.63) is 55.6 Å². The molecule has 2 bridgehead atoms. The first kappa shape index (κ1) is 32.9. The summed E-state index contributed by atoms with van der Waals surface area (Å²) in [4.78, 5) is 49.1. The molecular formula is C35H51N3O5. The van der Waals surface area contributed by atoms with Crippen LogP contribution in [0, 0.1) is 17.3 Å². The fourth-order valence-electron chi connectivity index (χ4n) is 8.39. The van der Waals surface area contributed by atoms with E-state index in [1.54, 1.807) is 22.0 Å². The second-order valence-electron chi connectivity index (χ2n) is 14.3. The molecule has 0 radical (unpaired) electrons. The highest BCUT2D eigenvalue weighted by Crippen LogP contribution is 2.65. The van der Waals surface area contributed by atoms with Crippen molar-refractivity contribution in [2.45, 2.75) is 96.4 Å². The number of amides is 3. The summed E-state index contributed by atoms with van der Waals surface area (Å²) in [7, 11) is 0. The van der Waals surface area contributed by atoms with Crippen LogP contribution in [0.1, 0.15) is 73.6 Å². The van der Waals surface area contributed by atoms with Crippen LogP contribution < -0.4 is 4.90 Å². The van der Waals surface area contributed by atoms with Crippen LogP contribution >= 0.6 is 0 Å². The lowest BCUT2D eigenvalue weighted by Gasteiger charge is -2.45. The number of ether oxygens (including phenoxy) is 1. The summed E-state index contributed by atoms with van der Waals surface area (Å²) < 4.78 is 7.00. The van der Waals surface area contributed by atoms with Crippen molar-refractivity contribution in [1.29, 1.82) is 0 Å². The van der Waals surface area contributed by atoms with Crippen LogP contribution in [0.2, 0.25) is 0 Å². The van der Waals surface area contributed by atoms with Crippen molar-refractivity contribution in [3.63, 3.8) is 0 Å². The number of aliphatic hydroxyl groups is 1. The third kappa shape index (κ3) is 5.68. The number of carbonyl (C=O) groups is 3. The lowest BCUT2D eigenvalue weighted by Crippen LogP contribution is -2.61. The van der Waals surface area contributed by atoms with Crippen molar-refractivity contribution < 1.29 is 24.2 Å². The highest BCUT2D eigenvalue weighted by molar-refractivity contribution is 6.03. The molecule has 8 nitrogen and oxygen atoms in total. The second-order valence-corrected chi connectivity index (χ2v) is 14.3. The summed E-state index contributed by atoms with van der Waals surface area (Å²) in [5, 5.41) is 9.75. The summed E-state index contributed by atoms with van der Waals surface area (Å²) >= 11 is 0. The third-order valence-electron chi connectivity index (χ3n) is 9.65. The van der Waals surface area contributed by atoms with E-state index in [1.165, 1.54) is 0 Å². The fourth-order valence-corrected chi connectivity index (χ4v) is 8.39. The molecule has 0 aliphatic carbocycles. The van der Waals surface area contributed by atoms with Crippen LogP contribution in [0.4, 0.5) is 5.69 Å². The molecule has 3 aliphatic heterocycles. The Morgan fingerprint density at radius 3 is 2.28 bits per heavy atom. The molecule has 236 valence electrons. The van der Waals surface area contributed by atoms with Crippen LogP contribution in [0.15, 0.2) is 55.6 Å². The molecule has 2 unspecified atom stereocenters. The van der Waals surface area contributed by atoms with Crippen molar-refractivity contribution in [3.8, 4) is 0 Å². The smallest absolute Gasteiger partial charge is 0.249 e. The fraction of sp³-hybridized carbons (Fsp3) is 0.629. The summed E-state index contributed by atoms with van der Waals surface area (Å²) in [6.07, 6.45) is 6.14. The van der Waals surface area contributed by atoms with Crippen LogP contribution in [-0.2, 0) is 19.1 Å². The van der Waals surface area contributed by atoms with E-state index in [-0.39, 0.29) is 42.8 Å². The third-order valence-corrected chi connectivity index (χ3v) is 9.65. The van der Waals surface area contributed by atoms with Crippen molar-refractivity contribution in [2.75, 3.05) is 31.1 Å². The van der Waals surface area contributed by atoms with Gasteiger partial charge in [-0.15, -0.1) is 13.2 Å². The molecule has 4 rings (SSSR count). The number of hydrogen-bond donors (Lipinski definition) is 1. The van der Waals surface area contributed by atoms with Gasteiger partial charge in [-0.25, -0.2) is 0 Å². The second kappa shape index (κ2) is 12.2. The molecule has 8 heteroatoms. The van der Waals surface area contributed by atoms with Crippen LogP contribution in [0.5, 0.6) is 0 Å². The molecule has 3 aliphatic rings. The zero-order valence-corrected chi connectivity index (χ0v) is 27.0. The minimum Gasteiger partial charge on any atom is -0.396 e. The largest absolute Gasteiger partial charge is 0.396 e. The van der Waals surface area contributed by atoms with E-state index >= 15 is 0 Å². The molecule has 1 aromatic rings. The average molecular weight is 594 g/mol. The van der Waals surface area contributed by atoms with E-state index in [1.807, 2.05) is 42.2 Å². The van der Waals surface area contributed by atoms with Crippen LogP contribution in [0.25, 0.3) is 0 Å². The molecule has 3 amide bonds. The number of likely N-dealkylation sites (tertiary alicyclic amines) is 1. The van der Waals surface area contributed by atoms with Gasteiger partial charge in [0.1, 0.15) is 11.6 Å². The maximum atomic E-state index is 14.9. The maximum absolute atomic E-state index is 14.9. The van der Waals surface area contributed by atoms with E-state index in [0.29, 0.717) is 32.2 Å². The van der Waals surface area contributed by atoms with Crippen LogP contribution in [-0.4, -0.2) is 81.7 Å². The first-order valence-electron chi connectivity index (χ1n) is 15.7. The Morgan fingerprint density at radius 1 is 1.07 bits per heavy atom. The molecule has 0 aromatic heterocycles. The Morgan fingerprint density at radius 2 is 1.72 bits per heavy atom. The SMILES string of the molecule is C=CCN(C(=O)[C@H]1[C@H]2C(=O)N(CCCO)C(C(=O)N(CC=C)C(C)(C)CC(C)(C)C)C23CC[C@]1(CC)O3)c1ccccc1. The van der Waals surface area contributed by atoms with E-state index in [4.69, 9.17) is 4.74 Å². The molecule has 0 saturated carbocycles. The number of benzene rings is 1. The van der Waals surface area contributed by atoms with Gasteiger partial charge in [0.15, 0.2) is 0 Å². The first-order chi connectivity index (χ1) is 20.2. The Bertz CT molecular complexity index is 1220. The molecule has 5 atom stereocenters. The van der Waals surface area contributed by atoms with Gasteiger partial charge in [0.25, 0.3) is 0 Å². The Balaban J connectivity index is 1.83. The Hall–Kier alpha value is -2.97. The Labute approximate surface area is 257 Å². The summed E-state index contributed by atoms with van der Waals surface area (Å²) in [6.45, 7) is 21.1. The highest BCUT2D eigenvalue weighted by Gasteiger charge is 2.79. The van der Waals surface area contributed by atoms with Gasteiger partial charge in [-0.2, -0.15) is 0 Å². The number of nitrogens with zero attached hydrogens (tertiary/aromatic N) is 3. The van der Waals surface area contributed by atoms with Crippen LogP contribution in [0.3, 0.4) is 0 Å². The predicted octanol–water partition coefficient (Wildman–Crippen LogP) is 4.97. The van der Waals surface area contributed by atoms with Gasteiger partial charge < -0.3 is 24.5 Å². The van der Waals surface area contributed by atoms with E-state index < -0.39 is 34.6 Å². The number of para-hydroxylation sites is 1. The quantitative estimate of drug-likeness (QED) is 0.326. The van der Waals surface area contributed by atoms with Crippen molar-refractivity contribution >= 4 is 23.4 Å². The number of rotatable bonds is 13. The monoisotopic (exact) mass is 593 g/mol. The molecule has 3 fully saturated rings. The molecule has 1 N–H and O–H groups in total. The normalized spacial score (nSPS) is 28.1. The predicted molar refractivity (Wildman–Crippen MR) is 169 cm³/mol. The highest BCUT2D eigenvalue weighted by atomic mass is 16.5. The Kier molecular flexibility index (Phi) is 9.34. The number of carbonyl (C=O) groups excluding carboxylic acids is 3. The molecule has 1 aromatic carbocycles. The molecule has 3 heterocycles. The maximum Gasteiger partial charge on any atom is 0.249 e. The number of hydrogen-bond acceptors (Lipinski definition) is 5. The molecule has 1 spiro atoms. The van der Waals surface area contributed by atoms with Gasteiger partial charge in [0.2, 0.25) is 17.7 Å². The van der Waals surface area contributed by atoms with Crippen molar-refractivity contribution in [2.24, 2.45) is 17.3 Å². The first-order valence-corrected chi connectivity index (χ1v) is 15.7. The molecular weight excluding hydrogens is 542 g/mol. The summed E-state index contributed by atoms with van der Waals surface area (Å²) in [5.41, 5.74) is -1.84. The number of fused-ring (bicyclic) bond motifs is 1. The van der Waals surface area contributed by atoms with Gasteiger partial charge in [-0.05, 0) is 63.5 Å². The lowest BCUT2D eigenvalue weighted by atomic mass is 9.64. The zero-order valence-electron chi connectivity index (χ0n) is 27.0. The van der Waals surface area contributed by atoms with Crippen molar-refractivity contribution in [1.82, 2.24) is 9.80 Å².